The minimum atomic E-state index is -1.10. The van der Waals surface area contributed by atoms with Gasteiger partial charge in [-0.3, -0.25) is 9.59 Å². The Kier molecular flexibility index (Phi) is 5.75. The fourth-order valence-electron chi connectivity index (χ4n) is 2.07. The molecule has 2 N–H and O–H groups in total. The number of ether oxygens (including phenoxy) is 1. The van der Waals surface area contributed by atoms with Crippen LogP contribution < -0.4 is 5.32 Å². The molecule has 2 amide bonds. The fourth-order valence-corrected chi connectivity index (χ4v) is 2.07. The second-order valence-corrected chi connectivity index (χ2v) is 4.59. The maximum absolute atomic E-state index is 11.9. The molecule has 0 spiro atoms. The average molecular weight is 272 g/mol. The number of carbonyl (C=O) groups is 3. The highest BCUT2D eigenvalue weighted by Gasteiger charge is 2.27. The molecule has 0 aromatic carbocycles. The monoisotopic (exact) mass is 272 g/mol. The standard InChI is InChI=1S/C12H20N2O5/c1-8(15)14-5-3-9(4-6-14)11(16)13-7-10(19-2)12(17)18/h9-10H,3-7H2,1-2H3,(H,13,16)(H,17,18). The predicted molar refractivity (Wildman–Crippen MR) is 66.4 cm³/mol. The summed E-state index contributed by atoms with van der Waals surface area (Å²) in [6.45, 7) is 2.61. The maximum atomic E-state index is 11.9. The molecular weight excluding hydrogens is 252 g/mol. The lowest BCUT2D eigenvalue weighted by molar-refractivity contribution is -0.148. The van der Waals surface area contributed by atoms with E-state index in [0.717, 1.165) is 0 Å². The minimum Gasteiger partial charge on any atom is -0.479 e. The van der Waals surface area contributed by atoms with Gasteiger partial charge in [0.05, 0.1) is 6.54 Å². The number of amides is 2. The number of likely N-dealkylation sites (tertiary alicyclic amines) is 1. The number of aliphatic carboxylic acids is 1. The van der Waals surface area contributed by atoms with Gasteiger partial charge < -0.3 is 20.1 Å². The van der Waals surface area contributed by atoms with E-state index in [2.05, 4.69) is 5.32 Å². The summed E-state index contributed by atoms with van der Waals surface area (Å²) in [5.41, 5.74) is 0. The third-order valence-corrected chi connectivity index (χ3v) is 3.33. The molecule has 1 saturated heterocycles. The number of carboxylic acid groups (broad SMARTS) is 1. The lowest BCUT2D eigenvalue weighted by atomic mass is 9.96. The van der Waals surface area contributed by atoms with Gasteiger partial charge in [-0.05, 0) is 12.8 Å². The lowest BCUT2D eigenvalue weighted by Gasteiger charge is -2.30. The molecule has 0 bridgehead atoms. The second-order valence-electron chi connectivity index (χ2n) is 4.59. The summed E-state index contributed by atoms with van der Waals surface area (Å²) < 4.78 is 4.73. The molecule has 1 heterocycles. The van der Waals surface area contributed by atoms with Crippen LogP contribution >= 0.6 is 0 Å². The molecule has 1 atom stereocenters. The third-order valence-electron chi connectivity index (χ3n) is 3.33. The van der Waals surface area contributed by atoms with E-state index in [-0.39, 0.29) is 24.3 Å². The normalized spacial score (nSPS) is 17.9. The summed E-state index contributed by atoms with van der Waals surface area (Å²) in [6.07, 6.45) is 0.188. The van der Waals surface area contributed by atoms with Gasteiger partial charge in [0.2, 0.25) is 11.8 Å². The number of methoxy groups -OCH3 is 1. The zero-order valence-electron chi connectivity index (χ0n) is 11.2. The fraction of sp³-hybridized carbons (Fsp3) is 0.750. The first-order chi connectivity index (χ1) is 8.95. The highest BCUT2D eigenvalue weighted by Crippen LogP contribution is 2.17. The number of rotatable bonds is 5. The number of nitrogens with one attached hydrogen (secondary N) is 1. The van der Waals surface area contributed by atoms with Crippen molar-refractivity contribution >= 4 is 17.8 Å². The van der Waals surface area contributed by atoms with Crippen LogP contribution in [0.25, 0.3) is 0 Å². The van der Waals surface area contributed by atoms with E-state index in [1.165, 1.54) is 14.0 Å². The molecule has 0 aromatic heterocycles. The minimum absolute atomic E-state index is 0.0178. The van der Waals surface area contributed by atoms with Gasteiger partial charge in [0, 0.05) is 33.0 Å². The van der Waals surface area contributed by atoms with Gasteiger partial charge in [0.25, 0.3) is 0 Å². The van der Waals surface area contributed by atoms with E-state index in [1.54, 1.807) is 4.90 Å². The van der Waals surface area contributed by atoms with Gasteiger partial charge in [-0.25, -0.2) is 4.79 Å². The van der Waals surface area contributed by atoms with Crippen molar-refractivity contribution in [3.63, 3.8) is 0 Å². The zero-order chi connectivity index (χ0) is 14.4. The van der Waals surface area contributed by atoms with Gasteiger partial charge in [0.1, 0.15) is 0 Å². The summed E-state index contributed by atoms with van der Waals surface area (Å²) in [5.74, 6) is -1.42. The second kappa shape index (κ2) is 7.08. The third kappa shape index (κ3) is 4.51. The molecule has 1 aliphatic rings. The number of hydrogen-bond donors (Lipinski definition) is 2. The van der Waals surface area contributed by atoms with Gasteiger partial charge in [-0.1, -0.05) is 0 Å². The Morgan fingerprint density at radius 3 is 2.37 bits per heavy atom. The molecular formula is C12H20N2O5. The summed E-state index contributed by atoms with van der Waals surface area (Å²) in [7, 11) is 1.29. The van der Waals surface area contributed by atoms with E-state index in [9.17, 15) is 14.4 Å². The van der Waals surface area contributed by atoms with Crippen molar-refractivity contribution in [1.29, 1.82) is 0 Å². The number of carbonyl (C=O) groups excluding carboxylic acids is 2. The molecule has 0 radical (unpaired) electrons. The molecule has 0 aromatic rings. The molecule has 0 saturated carbocycles. The quantitative estimate of drug-likeness (QED) is 0.701. The van der Waals surface area contributed by atoms with Crippen molar-refractivity contribution in [2.24, 2.45) is 5.92 Å². The SMILES string of the molecule is COC(CNC(=O)C1CCN(C(C)=O)CC1)C(=O)O. The summed E-state index contributed by atoms with van der Waals surface area (Å²) in [6, 6.07) is 0. The summed E-state index contributed by atoms with van der Waals surface area (Å²) >= 11 is 0. The largest absolute Gasteiger partial charge is 0.479 e. The van der Waals surface area contributed by atoms with E-state index in [0.29, 0.717) is 25.9 Å². The Morgan fingerprint density at radius 2 is 1.95 bits per heavy atom. The van der Waals surface area contributed by atoms with Gasteiger partial charge in [-0.15, -0.1) is 0 Å². The van der Waals surface area contributed by atoms with Crippen LogP contribution in [-0.2, 0) is 19.1 Å². The van der Waals surface area contributed by atoms with Gasteiger partial charge in [-0.2, -0.15) is 0 Å². The number of carboxylic acids is 1. The average Bonchev–Trinajstić information content (AvgIpc) is 2.38. The van der Waals surface area contributed by atoms with Crippen LogP contribution in [0.5, 0.6) is 0 Å². The Bertz CT molecular complexity index is 350. The first-order valence-electron chi connectivity index (χ1n) is 6.24. The maximum Gasteiger partial charge on any atom is 0.334 e. The Morgan fingerprint density at radius 1 is 1.37 bits per heavy atom. The van der Waals surface area contributed by atoms with Crippen LogP contribution in [0.15, 0.2) is 0 Å². The van der Waals surface area contributed by atoms with Crippen LogP contribution in [-0.4, -0.2) is 60.6 Å². The zero-order valence-corrected chi connectivity index (χ0v) is 11.2. The topological polar surface area (TPSA) is 95.9 Å². The number of nitrogens with zero attached hydrogens (tertiary/aromatic N) is 1. The molecule has 7 nitrogen and oxygen atoms in total. The number of hydrogen-bond acceptors (Lipinski definition) is 4. The molecule has 1 fully saturated rings. The van der Waals surface area contributed by atoms with E-state index in [4.69, 9.17) is 9.84 Å². The predicted octanol–water partition coefficient (Wildman–Crippen LogP) is -0.539. The summed E-state index contributed by atoms with van der Waals surface area (Å²) in [5, 5.41) is 11.4. The van der Waals surface area contributed by atoms with Crippen molar-refractivity contribution in [2.75, 3.05) is 26.7 Å². The molecule has 19 heavy (non-hydrogen) atoms. The first kappa shape index (κ1) is 15.4. The highest BCUT2D eigenvalue weighted by molar-refractivity contribution is 5.80. The highest BCUT2D eigenvalue weighted by atomic mass is 16.5. The Labute approximate surface area is 111 Å². The molecule has 1 unspecified atom stereocenters. The Balaban J connectivity index is 2.35. The van der Waals surface area contributed by atoms with Crippen molar-refractivity contribution in [1.82, 2.24) is 10.2 Å². The van der Waals surface area contributed by atoms with Gasteiger partial charge in [0.15, 0.2) is 6.10 Å². The van der Waals surface area contributed by atoms with E-state index < -0.39 is 12.1 Å². The van der Waals surface area contributed by atoms with Gasteiger partial charge >= 0.3 is 5.97 Å². The lowest BCUT2D eigenvalue weighted by Crippen LogP contribution is -2.45. The van der Waals surface area contributed by atoms with Crippen molar-refractivity contribution in [3.05, 3.63) is 0 Å². The smallest absolute Gasteiger partial charge is 0.334 e. The molecule has 1 rings (SSSR count). The van der Waals surface area contributed by atoms with Crippen LogP contribution in [0, 0.1) is 5.92 Å². The van der Waals surface area contributed by atoms with Crippen LogP contribution in [0.2, 0.25) is 0 Å². The van der Waals surface area contributed by atoms with Crippen LogP contribution in [0.1, 0.15) is 19.8 Å². The van der Waals surface area contributed by atoms with Crippen molar-refractivity contribution in [2.45, 2.75) is 25.9 Å². The molecule has 0 aliphatic carbocycles. The van der Waals surface area contributed by atoms with Crippen LogP contribution in [0.4, 0.5) is 0 Å². The summed E-state index contributed by atoms with van der Waals surface area (Å²) in [4.78, 5) is 35.4. The van der Waals surface area contributed by atoms with E-state index in [1.807, 2.05) is 0 Å². The van der Waals surface area contributed by atoms with Crippen molar-refractivity contribution in [3.8, 4) is 0 Å². The Hall–Kier alpha value is -1.63. The molecule has 108 valence electrons. The van der Waals surface area contributed by atoms with Crippen LogP contribution in [0.3, 0.4) is 0 Å². The molecule has 1 aliphatic heterocycles. The van der Waals surface area contributed by atoms with Crippen molar-refractivity contribution < 1.29 is 24.2 Å². The first-order valence-corrected chi connectivity index (χ1v) is 6.24. The molecule has 7 heteroatoms. The van der Waals surface area contributed by atoms with E-state index >= 15 is 0 Å². The number of piperidine rings is 1.